The number of aliphatic hydroxyl groups excluding tert-OH is 1. The lowest BCUT2D eigenvalue weighted by Crippen LogP contribution is -2.42. The summed E-state index contributed by atoms with van der Waals surface area (Å²) in [7, 11) is 1.62. The van der Waals surface area contributed by atoms with Crippen molar-refractivity contribution in [2.24, 2.45) is 11.8 Å². The SMILES string of the molecule is COc1ccc2nccc(C(O)CC[C@@H]3CCN(CCCc4ncco4)C[C@@H]3CC(=O)O)c2c1. The minimum Gasteiger partial charge on any atom is -0.497 e. The highest BCUT2D eigenvalue weighted by Crippen LogP contribution is 2.34. The molecule has 3 atom stereocenters. The first-order valence-electron chi connectivity index (χ1n) is 12.0. The molecule has 2 N–H and O–H groups in total. The second-order valence-electron chi connectivity index (χ2n) is 9.11. The molecule has 2 aromatic heterocycles. The van der Waals surface area contributed by atoms with Gasteiger partial charge in [-0.3, -0.25) is 9.78 Å². The second-order valence-corrected chi connectivity index (χ2v) is 9.11. The van der Waals surface area contributed by atoms with Gasteiger partial charge in [0.2, 0.25) is 0 Å². The van der Waals surface area contributed by atoms with Gasteiger partial charge in [-0.15, -0.1) is 0 Å². The van der Waals surface area contributed by atoms with Crippen LogP contribution < -0.4 is 4.74 Å². The summed E-state index contributed by atoms with van der Waals surface area (Å²) < 4.78 is 10.6. The van der Waals surface area contributed by atoms with Crippen molar-refractivity contribution in [2.75, 3.05) is 26.7 Å². The van der Waals surface area contributed by atoms with Gasteiger partial charge in [-0.2, -0.15) is 0 Å². The zero-order valence-corrected chi connectivity index (χ0v) is 19.6. The van der Waals surface area contributed by atoms with Gasteiger partial charge in [0.15, 0.2) is 5.89 Å². The zero-order valence-electron chi connectivity index (χ0n) is 19.6. The van der Waals surface area contributed by atoms with E-state index in [1.807, 2.05) is 24.3 Å². The van der Waals surface area contributed by atoms with Crippen molar-refractivity contribution in [3.63, 3.8) is 0 Å². The monoisotopic (exact) mass is 467 g/mol. The molecule has 1 aliphatic heterocycles. The number of benzene rings is 1. The number of hydrogen-bond acceptors (Lipinski definition) is 7. The van der Waals surface area contributed by atoms with Gasteiger partial charge in [-0.1, -0.05) is 0 Å². The minimum atomic E-state index is -0.760. The van der Waals surface area contributed by atoms with Gasteiger partial charge >= 0.3 is 5.97 Å². The molecule has 1 aliphatic rings. The highest BCUT2D eigenvalue weighted by Gasteiger charge is 2.31. The van der Waals surface area contributed by atoms with Crippen LogP contribution in [-0.2, 0) is 11.2 Å². The molecule has 0 saturated carbocycles. The number of carbonyl (C=O) groups is 1. The van der Waals surface area contributed by atoms with Gasteiger partial charge in [0.05, 0.1) is 24.9 Å². The van der Waals surface area contributed by atoms with Gasteiger partial charge in [-0.05, 0) is 80.4 Å². The van der Waals surface area contributed by atoms with E-state index in [0.717, 1.165) is 73.4 Å². The molecule has 0 amide bonds. The van der Waals surface area contributed by atoms with E-state index in [2.05, 4.69) is 14.9 Å². The van der Waals surface area contributed by atoms with Crippen LogP contribution in [0.15, 0.2) is 47.3 Å². The number of piperidine rings is 1. The van der Waals surface area contributed by atoms with Gasteiger partial charge in [-0.25, -0.2) is 4.98 Å². The Morgan fingerprint density at radius 1 is 1.26 bits per heavy atom. The number of aliphatic hydroxyl groups is 1. The van der Waals surface area contributed by atoms with Gasteiger partial charge in [0, 0.05) is 31.0 Å². The molecular formula is C26H33N3O5. The zero-order chi connectivity index (χ0) is 23.9. The Morgan fingerprint density at radius 2 is 2.15 bits per heavy atom. The van der Waals surface area contributed by atoms with E-state index in [9.17, 15) is 15.0 Å². The third-order valence-electron chi connectivity index (χ3n) is 6.91. The number of oxazole rings is 1. The van der Waals surface area contributed by atoms with Crippen molar-refractivity contribution >= 4 is 16.9 Å². The van der Waals surface area contributed by atoms with E-state index in [1.165, 1.54) is 0 Å². The number of aliphatic carboxylic acids is 1. The fourth-order valence-electron chi connectivity index (χ4n) is 5.12. The molecule has 34 heavy (non-hydrogen) atoms. The Kier molecular flexibility index (Phi) is 8.13. The maximum absolute atomic E-state index is 11.5. The Hall–Kier alpha value is -2.97. The summed E-state index contributed by atoms with van der Waals surface area (Å²) >= 11 is 0. The number of aryl methyl sites for hydroxylation is 1. The van der Waals surface area contributed by atoms with Crippen LogP contribution in [0.25, 0.3) is 10.9 Å². The third kappa shape index (κ3) is 6.12. The molecule has 1 fully saturated rings. The predicted molar refractivity (Wildman–Crippen MR) is 128 cm³/mol. The van der Waals surface area contributed by atoms with Crippen LogP contribution in [-0.4, -0.2) is 57.8 Å². The number of pyridine rings is 1. The maximum Gasteiger partial charge on any atom is 0.303 e. The van der Waals surface area contributed by atoms with E-state index >= 15 is 0 Å². The number of hydrogen-bond donors (Lipinski definition) is 2. The highest BCUT2D eigenvalue weighted by molar-refractivity contribution is 5.83. The van der Waals surface area contributed by atoms with Crippen molar-refractivity contribution < 1.29 is 24.2 Å². The number of nitrogens with zero attached hydrogens (tertiary/aromatic N) is 3. The number of carboxylic acid groups (broad SMARTS) is 1. The lowest BCUT2D eigenvalue weighted by Gasteiger charge is -2.38. The first-order valence-corrected chi connectivity index (χ1v) is 12.0. The molecule has 3 heterocycles. The molecule has 182 valence electrons. The van der Waals surface area contributed by atoms with Crippen LogP contribution in [0.2, 0.25) is 0 Å². The Balaban J connectivity index is 1.35. The van der Waals surface area contributed by atoms with E-state index < -0.39 is 12.1 Å². The topological polar surface area (TPSA) is 109 Å². The number of ether oxygens (including phenoxy) is 1. The fourth-order valence-corrected chi connectivity index (χ4v) is 5.12. The first kappa shape index (κ1) is 24.2. The first-order chi connectivity index (χ1) is 16.5. The molecule has 4 rings (SSSR count). The smallest absolute Gasteiger partial charge is 0.303 e. The van der Waals surface area contributed by atoms with E-state index in [4.69, 9.17) is 9.15 Å². The number of rotatable bonds is 11. The molecule has 1 saturated heterocycles. The number of aromatic nitrogens is 2. The van der Waals surface area contributed by atoms with E-state index in [1.54, 1.807) is 25.8 Å². The van der Waals surface area contributed by atoms with Gasteiger partial charge in [0.25, 0.3) is 0 Å². The molecule has 8 heteroatoms. The van der Waals surface area contributed by atoms with Crippen LogP contribution in [0.3, 0.4) is 0 Å². The summed E-state index contributed by atoms with van der Waals surface area (Å²) in [5, 5.41) is 21.4. The average Bonchev–Trinajstić information content (AvgIpc) is 3.36. The largest absolute Gasteiger partial charge is 0.497 e. The fraction of sp³-hybridized carbons (Fsp3) is 0.500. The number of fused-ring (bicyclic) bond motifs is 1. The highest BCUT2D eigenvalue weighted by atomic mass is 16.5. The van der Waals surface area contributed by atoms with Crippen molar-refractivity contribution in [1.29, 1.82) is 0 Å². The second kappa shape index (κ2) is 11.4. The summed E-state index contributed by atoms with van der Waals surface area (Å²) in [5.41, 5.74) is 1.65. The van der Waals surface area contributed by atoms with Crippen molar-refractivity contribution in [2.45, 2.75) is 44.6 Å². The average molecular weight is 468 g/mol. The standard InChI is InChI=1S/C26H33N3O5/c1-33-20-5-6-23-22(16-20)21(8-10-27-23)24(30)7-4-18-9-13-29(17-19(18)15-26(31)32)12-2-3-25-28-11-14-34-25/h5-6,8,10-11,14,16,18-19,24,30H,2-4,7,9,12-13,15,17H2,1H3,(H,31,32)/t18-,19+,24?/m1/s1. The quantitative estimate of drug-likeness (QED) is 0.434. The van der Waals surface area contributed by atoms with Crippen LogP contribution in [0, 0.1) is 11.8 Å². The van der Waals surface area contributed by atoms with Crippen LogP contribution in [0.4, 0.5) is 0 Å². The maximum atomic E-state index is 11.5. The van der Waals surface area contributed by atoms with Crippen LogP contribution in [0.1, 0.15) is 49.7 Å². The summed E-state index contributed by atoms with van der Waals surface area (Å²) in [6.07, 6.45) is 8.51. The molecule has 0 bridgehead atoms. The third-order valence-corrected chi connectivity index (χ3v) is 6.91. The van der Waals surface area contributed by atoms with E-state index in [0.29, 0.717) is 6.42 Å². The summed E-state index contributed by atoms with van der Waals surface area (Å²) in [6, 6.07) is 7.52. The Bertz CT molecular complexity index is 1070. The molecule has 8 nitrogen and oxygen atoms in total. The van der Waals surface area contributed by atoms with Crippen LogP contribution in [0.5, 0.6) is 5.75 Å². The van der Waals surface area contributed by atoms with E-state index in [-0.39, 0.29) is 18.3 Å². The van der Waals surface area contributed by atoms with Crippen molar-refractivity contribution in [3.05, 3.63) is 54.4 Å². The van der Waals surface area contributed by atoms with Crippen molar-refractivity contribution in [1.82, 2.24) is 14.9 Å². The molecule has 1 aromatic carbocycles. The van der Waals surface area contributed by atoms with Crippen molar-refractivity contribution in [3.8, 4) is 5.75 Å². The Morgan fingerprint density at radius 3 is 2.91 bits per heavy atom. The lowest BCUT2D eigenvalue weighted by molar-refractivity contribution is -0.139. The molecule has 1 unspecified atom stereocenters. The normalized spacial score (nSPS) is 19.8. The minimum absolute atomic E-state index is 0.0782. The number of methoxy groups -OCH3 is 1. The number of carboxylic acids is 1. The molecule has 0 spiro atoms. The lowest BCUT2D eigenvalue weighted by atomic mass is 9.79. The Labute approximate surface area is 199 Å². The van der Waals surface area contributed by atoms with Gasteiger partial charge < -0.3 is 24.3 Å². The molecule has 3 aromatic rings. The predicted octanol–water partition coefficient (Wildman–Crippen LogP) is 4.09. The molecule has 0 aliphatic carbocycles. The number of likely N-dealkylation sites (tertiary alicyclic amines) is 1. The molecular weight excluding hydrogens is 434 g/mol. The molecule has 0 radical (unpaired) electrons. The van der Waals surface area contributed by atoms with Crippen LogP contribution >= 0.6 is 0 Å². The summed E-state index contributed by atoms with van der Waals surface area (Å²) in [4.78, 5) is 22.5. The summed E-state index contributed by atoms with van der Waals surface area (Å²) in [5.74, 6) is 1.06. The summed E-state index contributed by atoms with van der Waals surface area (Å²) in [6.45, 7) is 2.62. The van der Waals surface area contributed by atoms with Gasteiger partial charge in [0.1, 0.15) is 12.0 Å².